The van der Waals surface area contributed by atoms with Crippen molar-refractivity contribution >= 4 is 17.1 Å². The molecule has 0 saturated carbocycles. The van der Waals surface area contributed by atoms with Gasteiger partial charge in [-0.3, -0.25) is 4.79 Å². The minimum absolute atomic E-state index is 0.123. The van der Waals surface area contributed by atoms with E-state index in [0.717, 1.165) is 47.6 Å². The number of thiophene rings is 1. The lowest BCUT2D eigenvalue weighted by Gasteiger charge is -2.17. The highest BCUT2D eigenvalue weighted by Crippen LogP contribution is 2.27. The second-order valence-electron chi connectivity index (χ2n) is 4.72. The van der Waals surface area contributed by atoms with Gasteiger partial charge in [0.25, 0.3) is 0 Å². The van der Waals surface area contributed by atoms with Crippen molar-refractivity contribution in [3.63, 3.8) is 0 Å². The summed E-state index contributed by atoms with van der Waals surface area (Å²) in [7, 11) is 0. The van der Waals surface area contributed by atoms with Crippen molar-refractivity contribution in [3.05, 3.63) is 51.2 Å². The molecule has 2 aromatic rings. The summed E-state index contributed by atoms with van der Waals surface area (Å²) in [5.74, 6) is 1.06. The van der Waals surface area contributed by atoms with E-state index in [1.807, 2.05) is 30.3 Å². The molecule has 1 aromatic heterocycles. The van der Waals surface area contributed by atoms with Gasteiger partial charge in [-0.05, 0) is 55.2 Å². The Morgan fingerprint density at radius 3 is 3.00 bits per heavy atom. The molecule has 1 aliphatic rings. The highest BCUT2D eigenvalue weighted by Gasteiger charge is 2.16. The predicted octanol–water partition coefficient (Wildman–Crippen LogP) is 3.87. The van der Waals surface area contributed by atoms with E-state index in [0.29, 0.717) is 0 Å². The topological polar surface area (TPSA) is 26.3 Å². The molecule has 0 unspecified atom stereocenters. The maximum atomic E-state index is 12.4. The molecule has 0 bridgehead atoms. The molecule has 3 heteroatoms. The van der Waals surface area contributed by atoms with Gasteiger partial charge in [-0.1, -0.05) is 6.92 Å². The summed E-state index contributed by atoms with van der Waals surface area (Å²) in [5.41, 5.74) is 1.93. The molecule has 0 radical (unpaired) electrons. The number of fused-ring (bicyclic) bond motifs is 1. The Balaban J connectivity index is 1.91. The van der Waals surface area contributed by atoms with Crippen molar-refractivity contribution in [2.75, 3.05) is 6.61 Å². The minimum atomic E-state index is 0.123. The zero-order valence-corrected chi connectivity index (χ0v) is 11.8. The summed E-state index contributed by atoms with van der Waals surface area (Å²) >= 11 is 1.59. The van der Waals surface area contributed by atoms with Crippen molar-refractivity contribution in [1.82, 2.24) is 0 Å². The van der Waals surface area contributed by atoms with E-state index in [9.17, 15) is 4.79 Å². The van der Waals surface area contributed by atoms with Gasteiger partial charge in [-0.15, -0.1) is 11.3 Å². The maximum Gasteiger partial charge on any atom is 0.202 e. The second-order valence-corrected chi connectivity index (χ2v) is 5.89. The van der Waals surface area contributed by atoms with E-state index >= 15 is 0 Å². The molecule has 0 aliphatic carbocycles. The molecule has 0 atom stereocenters. The van der Waals surface area contributed by atoms with Crippen LogP contribution in [0.15, 0.2) is 30.3 Å². The van der Waals surface area contributed by atoms with Gasteiger partial charge in [0.15, 0.2) is 0 Å². The third-order valence-electron chi connectivity index (χ3n) is 3.40. The Bertz CT molecular complexity index is 613. The molecule has 3 rings (SSSR count). The number of benzene rings is 1. The molecule has 0 saturated heterocycles. The zero-order chi connectivity index (χ0) is 13.2. The average molecular weight is 272 g/mol. The third kappa shape index (κ3) is 2.43. The molecule has 0 amide bonds. The van der Waals surface area contributed by atoms with E-state index in [-0.39, 0.29) is 5.78 Å². The van der Waals surface area contributed by atoms with Gasteiger partial charge in [0.2, 0.25) is 5.78 Å². The van der Waals surface area contributed by atoms with Gasteiger partial charge < -0.3 is 4.74 Å². The van der Waals surface area contributed by atoms with E-state index in [1.54, 1.807) is 11.3 Å². The number of rotatable bonds is 3. The number of aryl methyl sites for hydroxylation is 2. The quantitative estimate of drug-likeness (QED) is 0.793. The Hall–Kier alpha value is -1.61. The van der Waals surface area contributed by atoms with Crippen LogP contribution < -0.4 is 4.74 Å². The SMILES string of the molecule is CCc1ccc(C(=O)c2ccc3c(c2)CCCO3)s1. The first kappa shape index (κ1) is 12.4. The third-order valence-corrected chi connectivity index (χ3v) is 4.63. The lowest BCUT2D eigenvalue weighted by atomic mass is 10.0. The van der Waals surface area contributed by atoms with Crippen LogP contribution in [0.2, 0.25) is 0 Å². The number of ether oxygens (including phenoxy) is 1. The van der Waals surface area contributed by atoms with Crippen LogP contribution in [0.1, 0.15) is 39.0 Å². The van der Waals surface area contributed by atoms with Crippen molar-refractivity contribution in [2.24, 2.45) is 0 Å². The standard InChI is InChI=1S/C16H16O2S/c1-2-13-6-8-15(19-13)16(17)12-5-7-14-11(10-12)4-3-9-18-14/h5-8,10H,2-4,9H2,1H3. The molecule has 98 valence electrons. The van der Waals surface area contributed by atoms with Crippen LogP contribution in [0.25, 0.3) is 0 Å². The molecule has 2 nitrogen and oxygen atoms in total. The van der Waals surface area contributed by atoms with Gasteiger partial charge >= 0.3 is 0 Å². The number of ketones is 1. The van der Waals surface area contributed by atoms with Crippen molar-refractivity contribution < 1.29 is 9.53 Å². The number of hydrogen-bond acceptors (Lipinski definition) is 3. The monoisotopic (exact) mass is 272 g/mol. The van der Waals surface area contributed by atoms with Gasteiger partial charge in [0.1, 0.15) is 5.75 Å². The molecule has 1 aromatic carbocycles. The van der Waals surface area contributed by atoms with Crippen LogP contribution in [-0.2, 0) is 12.8 Å². The normalized spacial score (nSPS) is 13.7. The summed E-state index contributed by atoms with van der Waals surface area (Å²) in [6, 6.07) is 9.76. The summed E-state index contributed by atoms with van der Waals surface area (Å²) in [5, 5.41) is 0. The van der Waals surface area contributed by atoms with Crippen LogP contribution in [-0.4, -0.2) is 12.4 Å². The highest BCUT2D eigenvalue weighted by atomic mass is 32.1. The lowest BCUT2D eigenvalue weighted by molar-refractivity contribution is 0.104. The first-order valence-electron chi connectivity index (χ1n) is 6.67. The van der Waals surface area contributed by atoms with E-state index in [4.69, 9.17) is 4.74 Å². The molecule has 19 heavy (non-hydrogen) atoms. The molecule has 0 fully saturated rings. The second kappa shape index (κ2) is 5.17. The molecular formula is C16H16O2S. The Morgan fingerprint density at radius 1 is 1.32 bits per heavy atom. The molecular weight excluding hydrogens is 256 g/mol. The average Bonchev–Trinajstić information content (AvgIpc) is 2.95. The summed E-state index contributed by atoms with van der Waals surface area (Å²) in [6.07, 6.45) is 3.01. The van der Waals surface area contributed by atoms with Gasteiger partial charge in [-0.2, -0.15) is 0 Å². The summed E-state index contributed by atoms with van der Waals surface area (Å²) < 4.78 is 5.58. The van der Waals surface area contributed by atoms with E-state index in [2.05, 4.69) is 6.92 Å². The Kier molecular flexibility index (Phi) is 3.38. The van der Waals surface area contributed by atoms with E-state index in [1.165, 1.54) is 4.88 Å². The predicted molar refractivity (Wildman–Crippen MR) is 77.4 cm³/mol. The maximum absolute atomic E-state index is 12.4. The zero-order valence-electron chi connectivity index (χ0n) is 10.9. The van der Waals surface area contributed by atoms with Crippen LogP contribution in [0, 0.1) is 0 Å². The molecule has 0 N–H and O–H groups in total. The Labute approximate surface area is 117 Å². The lowest BCUT2D eigenvalue weighted by Crippen LogP contribution is -2.09. The van der Waals surface area contributed by atoms with E-state index < -0.39 is 0 Å². The van der Waals surface area contributed by atoms with Crippen LogP contribution in [0.5, 0.6) is 5.75 Å². The number of hydrogen-bond donors (Lipinski definition) is 0. The fourth-order valence-electron chi connectivity index (χ4n) is 2.33. The smallest absolute Gasteiger partial charge is 0.202 e. The molecule has 1 aliphatic heterocycles. The van der Waals surface area contributed by atoms with Crippen LogP contribution in [0.3, 0.4) is 0 Å². The van der Waals surface area contributed by atoms with Gasteiger partial charge in [0.05, 0.1) is 11.5 Å². The largest absolute Gasteiger partial charge is 0.493 e. The van der Waals surface area contributed by atoms with Crippen LogP contribution >= 0.6 is 11.3 Å². The van der Waals surface area contributed by atoms with Gasteiger partial charge in [-0.25, -0.2) is 0 Å². The fourth-order valence-corrected chi connectivity index (χ4v) is 3.24. The van der Waals surface area contributed by atoms with Crippen molar-refractivity contribution in [1.29, 1.82) is 0 Å². The fraction of sp³-hybridized carbons (Fsp3) is 0.312. The summed E-state index contributed by atoms with van der Waals surface area (Å²) in [4.78, 5) is 14.5. The highest BCUT2D eigenvalue weighted by molar-refractivity contribution is 7.14. The van der Waals surface area contributed by atoms with Crippen molar-refractivity contribution in [3.8, 4) is 5.75 Å². The first-order chi connectivity index (χ1) is 9.28. The number of carbonyl (C=O) groups is 1. The molecule has 2 heterocycles. The molecule has 0 spiro atoms. The number of carbonyl (C=O) groups excluding carboxylic acids is 1. The Morgan fingerprint density at radius 2 is 2.21 bits per heavy atom. The first-order valence-corrected chi connectivity index (χ1v) is 7.48. The van der Waals surface area contributed by atoms with Gasteiger partial charge in [0, 0.05) is 10.4 Å². The minimum Gasteiger partial charge on any atom is -0.493 e. The van der Waals surface area contributed by atoms with Crippen molar-refractivity contribution in [2.45, 2.75) is 26.2 Å². The summed E-state index contributed by atoms with van der Waals surface area (Å²) in [6.45, 7) is 2.89. The van der Waals surface area contributed by atoms with Crippen LogP contribution in [0.4, 0.5) is 0 Å².